The van der Waals surface area contributed by atoms with Crippen molar-refractivity contribution in [3.8, 4) is 11.1 Å². The fourth-order valence-electron chi connectivity index (χ4n) is 4.64. The van der Waals surface area contributed by atoms with Crippen LogP contribution >= 0.6 is 11.3 Å². The van der Waals surface area contributed by atoms with Crippen LogP contribution in [0.1, 0.15) is 44.9 Å². The van der Waals surface area contributed by atoms with Crippen LogP contribution in [0.3, 0.4) is 0 Å². The molecule has 1 aliphatic rings. The zero-order chi connectivity index (χ0) is 23.8. The molecule has 1 aliphatic carbocycles. The minimum atomic E-state index is -0.403. The third kappa shape index (κ3) is 3.98. The number of rotatable bonds is 5. The summed E-state index contributed by atoms with van der Waals surface area (Å²) in [5.74, 6) is -0.657. The molecule has 1 amide bonds. The number of carbonyl (C=O) groups is 2. The van der Waals surface area contributed by atoms with Crippen molar-refractivity contribution in [1.82, 2.24) is 14.8 Å². The van der Waals surface area contributed by atoms with E-state index in [0.29, 0.717) is 16.2 Å². The summed E-state index contributed by atoms with van der Waals surface area (Å²) in [5, 5.41) is 9.06. The van der Waals surface area contributed by atoms with Crippen molar-refractivity contribution in [3.05, 3.63) is 63.8 Å². The number of hydrogen-bond acceptors (Lipinski definition) is 6. The first-order valence-corrected chi connectivity index (χ1v) is 12.2. The Balaban J connectivity index is 1.45. The quantitative estimate of drug-likeness (QED) is 0.408. The molecule has 8 heteroatoms. The normalized spacial score (nSPS) is 13.0. The number of fused-ring (bicyclic) bond motifs is 2. The van der Waals surface area contributed by atoms with Crippen LogP contribution in [0.4, 0.5) is 5.00 Å². The summed E-state index contributed by atoms with van der Waals surface area (Å²) in [6.07, 6.45) is 5.63. The number of nitrogens with one attached hydrogen (secondary N) is 1. The summed E-state index contributed by atoms with van der Waals surface area (Å²) in [5.41, 5.74) is 6.29. The predicted molar refractivity (Wildman–Crippen MR) is 133 cm³/mol. The molecule has 4 aromatic rings. The molecule has 0 spiro atoms. The van der Waals surface area contributed by atoms with Gasteiger partial charge in [0.25, 0.3) is 0 Å². The van der Waals surface area contributed by atoms with Gasteiger partial charge in [-0.2, -0.15) is 5.10 Å². The number of esters is 1. The van der Waals surface area contributed by atoms with Crippen molar-refractivity contribution in [2.75, 3.05) is 12.4 Å². The van der Waals surface area contributed by atoms with Gasteiger partial charge in [-0.05, 0) is 62.3 Å². The smallest absolute Gasteiger partial charge is 0.341 e. The predicted octanol–water partition coefficient (Wildman–Crippen LogP) is 5.08. The SMILES string of the molecule is COC(=O)c1c(NC(=O)Cn2nc(C)c3c(-c4ccc(C)cc4)ccnc32)sc2c1CCCC2. The zero-order valence-electron chi connectivity index (χ0n) is 19.5. The van der Waals surface area contributed by atoms with E-state index in [1.54, 1.807) is 10.9 Å². The van der Waals surface area contributed by atoms with Gasteiger partial charge in [-0.15, -0.1) is 11.3 Å². The summed E-state index contributed by atoms with van der Waals surface area (Å²) >= 11 is 1.48. The van der Waals surface area contributed by atoms with Gasteiger partial charge in [0.2, 0.25) is 5.91 Å². The molecule has 0 atom stereocenters. The summed E-state index contributed by atoms with van der Waals surface area (Å²) in [7, 11) is 1.37. The van der Waals surface area contributed by atoms with Crippen LogP contribution in [0.15, 0.2) is 36.5 Å². The van der Waals surface area contributed by atoms with Gasteiger partial charge in [0.15, 0.2) is 5.65 Å². The number of thiophene rings is 1. The van der Waals surface area contributed by atoms with Crippen LogP contribution in [0.5, 0.6) is 0 Å². The maximum absolute atomic E-state index is 13.1. The molecule has 0 saturated carbocycles. The van der Waals surface area contributed by atoms with E-state index < -0.39 is 5.97 Å². The van der Waals surface area contributed by atoms with Crippen molar-refractivity contribution >= 4 is 39.2 Å². The van der Waals surface area contributed by atoms with E-state index in [4.69, 9.17) is 4.74 Å². The summed E-state index contributed by atoms with van der Waals surface area (Å²) < 4.78 is 6.64. The molecule has 0 saturated heterocycles. The van der Waals surface area contributed by atoms with E-state index in [-0.39, 0.29) is 12.5 Å². The molecule has 0 bridgehead atoms. The molecule has 0 fully saturated rings. The molecule has 1 aromatic carbocycles. The average Bonchev–Trinajstić information content (AvgIpc) is 3.36. The van der Waals surface area contributed by atoms with E-state index in [1.165, 1.54) is 24.0 Å². The van der Waals surface area contributed by atoms with Gasteiger partial charge in [-0.1, -0.05) is 29.8 Å². The molecule has 34 heavy (non-hydrogen) atoms. The van der Waals surface area contributed by atoms with Gasteiger partial charge in [-0.3, -0.25) is 4.79 Å². The van der Waals surface area contributed by atoms with Gasteiger partial charge in [-0.25, -0.2) is 14.5 Å². The lowest BCUT2D eigenvalue weighted by Gasteiger charge is -2.11. The Kier molecular flexibility index (Phi) is 5.91. The number of carbonyl (C=O) groups excluding carboxylic acids is 2. The zero-order valence-corrected chi connectivity index (χ0v) is 20.3. The molecule has 5 rings (SSSR count). The van der Waals surface area contributed by atoms with E-state index in [1.807, 2.05) is 13.0 Å². The third-order valence-corrected chi connectivity index (χ3v) is 7.48. The van der Waals surface area contributed by atoms with E-state index in [2.05, 4.69) is 46.6 Å². The summed E-state index contributed by atoms with van der Waals surface area (Å²) in [4.78, 5) is 31.2. The van der Waals surface area contributed by atoms with Gasteiger partial charge in [0.05, 0.1) is 18.4 Å². The highest BCUT2D eigenvalue weighted by Gasteiger charge is 2.27. The molecular formula is C26H26N4O3S. The Morgan fingerprint density at radius 2 is 1.88 bits per heavy atom. The number of benzene rings is 1. The second-order valence-corrected chi connectivity index (χ2v) is 9.73. The van der Waals surface area contributed by atoms with Crippen LogP contribution in [0.25, 0.3) is 22.2 Å². The number of aromatic nitrogens is 3. The van der Waals surface area contributed by atoms with Crippen LogP contribution in [-0.2, 0) is 28.9 Å². The minimum Gasteiger partial charge on any atom is -0.465 e. The number of aryl methyl sites for hydroxylation is 3. The number of methoxy groups -OCH3 is 1. The highest BCUT2D eigenvalue weighted by atomic mass is 32.1. The summed E-state index contributed by atoms with van der Waals surface area (Å²) in [6, 6.07) is 10.3. The molecule has 0 radical (unpaired) electrons. The Bertz CT molecular complexity index is 1400. The van der Waals surface area contributed by atoms with Crippen molar-refractivity contribution < 1.29 is 14.3 Å². The number of amides is 1. The fourth-order valence-corrected chi connectivity index (χ4v) is 5.93. The van der Waals surface area contributed by atoms with Crippen LogP contribution in [0, 0.1) is 13.8 Å². The van der Waals surface area contributed by atoms with E-state index in [0.717, 1.165) is 58.3 Å². The third-order valence-electron chi connectivity index (χ3n) is 6.28. The highest BCUT2D eigenvalue weighted by molar-refractivity contribution is 7.17. The monoisotopic (exact) mass is 474 g/mol. The Morgan fingerprint density at radius 1 is 1.12 bits per heavy atom. The van der Waals surface area contributed by atoms with Crippen molar-refractivity contribution in [2.45, 2.75) is 46.1 Å². The van der Waals surface area contributed by atoms with Gasteiger partial charge in [0, 0.05) is 16.5 Å². The molecule has 3 heterocycles. The number of nitrogens with zero attached hydrogens (tertiary/aromatic N) is 3. The molecule has 7 nitrogen and oxygen atoms in total. The van der Waals surface area contributed by atoms with E-state index >= 15 is 0 Å². The topological polar surface area (TPSA) is 86.1 Å². The number of pyridine rings is 1. The number of hydrogen-bond donors (Lipinski definition) is 1. The minimum absolute atomic E-state index is 0.00211. The van der Waals surface area contributed by atoms with Crippen LogP contribution in [-0.4, -0.2) is 33.8 Å². The standard InChI is InChI=1S/C26H26N4O3S/c1-15-8-10-17(11-9-15)18-12-13-27-24-22(18)16(2)29-30(24)14-21(31)28-25-23(26(32)33-3)19-6-4-5-7-20(19)34-25/h8-13H,4-7,14H2,1-3H3,(H,28,31). The Labute approximate surface area is 201 Å². The molecule has 3 aromatic heterocycles. The van der Waals surface area contributed by atoms with E-state index in [9.17, 15) is 9.59 Å². The molecule has 0 aliphatic heterocycles. The first-order valence-electron chi connectivity index (χ1n) is 11.4. The molecular weight excluding hydrogens is 448 g/mol. The highest BCUT2D eigenvalue weighted by Crippen LogP contribution is 2.38. The molecule has 0 unspecified atom stereocenters. The van der Waals surface area contributed by atoms with Gasteiger partial charge >= 0.3 is 5.97 Å². The van der Waals surface area contributed by atoms with Crippen molar-refractivity contribution in [3.63, 3.8) is 0 Å². The Morgan fingerprint density at radius 3 is 2.65 bits per heavy atom. The lowest BCUT2D eigenvalue weighted by molar-refractivity contribution is -0.116. The Hall–Kier alpha value is -3.52. The first-order chi connectivity index (χ1) is 16.5. The maximum atomic E-state index is 13.1. The van der Waals surface area contributed by atoms with Gasteiger partial charge in [0.1, 0.15) is 11.5 Å². The number of ether oxygens (including phenoxy) is 1. The first kappa shape index (κ1) is 22.3. The second-order valence-electron chi connectivity index (χ2n) is 8.62. The van der Waals surface area contributed by atoms with Crippen LogP contribution < -0.4 is 5.32 Å². The van der Waals surface area contributed by atoms with Crippen molar-refractivity contribution in [1.29, 1.82) is 0 Å². The van der Waals surface area contributed by atoms with Crippen LogP contribution in [0.2, 0.25) is 0 Å². The lowest BCUT2D eigenvalue weighted by Crippen LogP contribution is -2.21. The second kappa shape index (κ2) is 9.02. The maximum Gasteiger partial charge on any atom is 0.341 e. The van der Waals surface area contributed by atoms with Gasteiger partial charge < -0.3 is 10.1 Å². The van der Waals surface area contributed by atoms with Crippen molar-refractivity contribution in [2.24, 2.45) is 0 Å². The average molecular weight is 475 g/mol. The fraction of sp³-hybridized carbons (Fsp3) is 0.308. The summed E-state index contributed by atoms with van der Waals surface area (Å²) in [6.45, 7) is 3.99. The molecule has 174 valence electrons. The molecule has 1 N–H and O–H groups in total. The lowest BCUT2D eigenvalue weighted by atomic mass is 9.95. The largest absolute Gasteiger partial charge is 0.465 e. The number of anilines is 1.